The lowest BCUT2D eigenvalue weighted by atomic mass is 10.1. The molecule has 2 heterocycles. The van der Waals surface area contributed by atoms with Gasteiger partial charge in [0.05, 0.1) is 5.56 Å². The van der Waals surface area contributed by atoms with Gasteiger partial charge in [0, 0.05) is 25.2 Å². The molecule has 8 nitrogen and oxygen atoms in total. The van der Waals surface area contributed by atoms with Gasteiger partial charge in [0.15, 0.2) is 5.65 Å². The number of halogens is 3. The second-order valence-corrected chi connectivity index (χ2v) is 6.29. The number of alkyl halides is 3. The average Bonchev–Trinajstić information content (AvgIpc) is 3.19. The molecule has 11 heteroatoms. The van der Waals surface area contributed by atoms with Gasteiger partial charge in [-0.3, -0.25) is 9.59 Å². The molecule has 0 bridgehead atoms. The van der Waals surface area contributed by atoms with Gasteiger partial charge in [0.1, 0.15) is 12.1 Å². The van der Waals surface area contributed by atoms with Crippen molar-refractivity contribution in [3.8, 4) is 0 Å². The lowest BCUT2D eigenvalue weighted by molar-refractivity contribution is -0.140. The lowest BCUT2D eigenvalue weighted by Gasteiger charge is -2.14. The molecule has 0 saturated heterocycles. The number of amides is 2. The van der Waals surface area contributed by atoms with E-state index in [2.05, 4.69) is 20.6 Å². The fourth-order valence-corrected chi connectivity index (χ4v) is 3.00. The third-order valence-electron chi connectivity index (χ3n) is 4.30. The van der Waals surface area contributed by atoms with Gasteiger partial charge in [0.25, 0.3) is 5.91 Å². The Bertz CT molecular complexity index is 834. The first kappa shape index (κ1) is 18.1. The van der Waals surface area contributed by atoms with Crippen LogP contribution in [0.1, 0.15) is 29.6 Å². The molecule has 2 aromatic heterocycles. The third-order valence-corrected chi connectivity index (χ3v) is 4.30. The summed E-state index contributed by atoms with van der Waals surface area (Å²) in [5.41, 5.74) is 1.34. The van der Waals surface area contributed by atoms with Crippen LogP contribution in [-0.2, 0) is 11.8 Å². The molecule has 3 rings (SSSR count). The summed E-state index contributed by atoms with van der Waals surface area (Å²) in [6.45, 7) is -1.34. The van der Waals surface area contributed by atoms with E-state index in [4.69, 9.17) is 0 Å². The van der Waals surface area contributed by atoms with Gasteiger partial charge in [0.2, 0.25) is 5.91 Å². The number of carbonyl (C=O) groups is 2. The van der Waals surface area contributed by atoms with Crippen molar-refractivity contribution in [2.24, 2.45) is 13.0 Å². The van der Waals surface area contributed by atoms with E-state index in [1.807, 2.05) is 5.32 Å². The van der Waals surface area contributed by atoms with Crippen LogP contribution in [0.15, 0.2) is 12.3 Å². The Morgan fingerprint density at radius 3 is 2.85 bits per heavy atom. The fraction of sp³-hybridized carbons (Fsp3) is 0.533. The summed E-state index contributed by atoms with van der Waals surface area (Å²) in [5, 5.41) is 12.4. The van der Waals surface area contributed by atoms with E-state index in [9.17, 15) is 22.8 Å². The maximum atomic E-state index is 12.3. The van der Waals surface area contributed by atoms with Gasteiger partial charge in [-0.1, -0.05) is 5.21 Å². The van der Waals surface area contributed by atoms with Crippen LogP contribution in [0.2, 0.25) is 0 Å². The summed E-state index contributed by atoms with van der Waals surface area (Å²) in [5.74, 6) is -1.55. The molecule has 0 aliphatic heterocycles. The minimum atomic E-state index is -4.44. The first-order valence-corrected chi connectivity index (χ1v) is 8.03. The summed E-state index contributed by atoms with van der Waals surface area (Å²) >= 11 is 0. The van der Waals surface area contributed by atoms with E-state index in [0.29, 0.717) is 36.0 Å². The van der Waals surface area contributed by atoms with Gasteiger partial charge in [-0.25, -0.2) is 9.67 Å². The smallest absolute Gasteiger partial charge is 0.349 e. The van der Waals surface area contributed by atoms with Crippen LogP contribution >= 0.6 is 0 Å². The molecular formula is C15H17F3N6O2. The normalized spacial score (nSPS) is 20.3. The minimum Gasteiger partial charge on any atom is -0.349 e. The number of fused-ring (bicyclic) bond motifs is 1. The second kappa shape index (κ2) is 6.89. The van der Waals surface area contributed by atoms with Crippen molar-refractivity contribution in [3.63, 3.8) is 0 Å². The topological polar surface area (TPSA) is 102 Å². The molecule has 1 aliphatic carbocycles. The summed E-state index contributed by atoms with van der Waals surface area (Å²) in [6.07, 6.45) is -1.78. The summed E-state index contributed by atoms with van der Waals surface area (Å²) < 4.78 is 38.0. The van der Waals surface area contributed by atoms with Crippen LogP contribution in [0.25, 0.3) is 11.2 Å². The van der Waals surface area contributed by atoms with Crippen LogP contribution in [0.5, 0.6) is 0 Å². The predicted molar refractivity (Wildman–Crippen MR) is 84.0 cm³/mol. The Hall–Kier alpha value is -2.72. The Kier molecular flexibility index (Phi) is 4.79. The molecular weight excluding hydrogens is 353 g/mol. The Morgan fingerprint density at radius 2 is 2.12 bits per heavy atom. The first-order chi connectivity index (χ1) is 12.2. The molecule has 0 unspecified atom stereocenters. The number of hydrogen-bond donors (Lipinski definition) is 2. The largest absolute Gasteiger partial charge is 0.405 e. The van der Waals surface area contributed by atoms with E-state index in [-0.39, 0.29) is 11.9 Å². The highest BCUT2D eigenvalue weighted by Gasteiger charge is 2.34. The van der Waals surface area contributed by atoms with Crippen molar-refractivity contribution in [1.29, 1.82) is 0 Å². The summed E-state index contributed by atoms with van der Waals surface area (Å²) in [6, 6.07) is 1.29. The zero-order chi connectivity index (χ0) is 18.9. The molecule has 2 atom stereocenters. The van der Waals surface area contributed by atoms with E-state index >= 15 is 0 Å². The Morgan fingerprint density at radius 1 is 1.35 bits per heavy atom. The Labute approximate surface area is 146 Å². The van der Waals surface area contributed by atoms with Crippen molar-refractivity contribution in [2.75, 3.05) is 6.54 Å². The maximum Gasteiger partial charge on any atom is 0.405 e. The van der Waals surface area contributed by atoms with Gasteiger partial charge in [-0.15, -0.1) is 5.10 Å². The Balaban J connectivity index is 1.55. The molecule has 0 aromatic carbocycles. The minimum absolute atomic E-state index is 0.276. The highest BCUT2D eigenvalue weighted by atomic mass is 19.4. The van der Waals surface area contributed by atoms with E-state index in [1.165, 1.54) is 10.9 Å². The zero-order valence-corrected chi connectivity index (χ0v) is 13.9. The third kappa shape index (κ3) is 4.09. The monoisotopic (exact) mass is 370 g/mol. The summed E-state index contributed by atoms with van der Waals surface area (Å²) in [7, 11) is 1.69. The number of hydrogen-bond acceptors (Lipinski definition) is 5. The number of nitrogens with zero attached hydrogens (tertiary/aromatic N) is 4. The van der Waals surface area contributed by atoms with E-state index < -0.39 is 24.5 Å². The first-order valence-electron chi connectivity index (χ1n) is 8.03. The van der Waals surface area contributed by atoms with Crippen molar-refractivity contribution in [1.82, 2.24) is 30.6 Å². The van der Waals surface area contributed by atoms with E-state index in [0.717, 1.165) is 0 Å². The van der Waals surface area contributed by atoms with Crippen LogP contribution in [-0.4, -0.2) is 50.6 Å². The molecule has 1 saturated carbocycles. The van der Waals surface area contributed by atoms with Crippen molar-refractivity contribution < 1.29 is 22.8 Å². The van der Waals surface area contributed by atoms with Gasteiger partial charge in [-0.05, 0) is 25.3 Å². The van der Waals surface area contributed by atoms with Crippen LogP contribution in [0.3, 0.4) is 0 Å². The van der Waals surface area contributed by atoms with Gasteiger partial charge < -0.3 is 10.6 Å². The average molecular weight is 370 g/mol. The number of pyridine rings is 1. The van der Waals surface area contributed by atoms with E-state index in [1.54, 1.807) is 13.1 Å². The number of nitrogens with one attached hydrogen (secondary N) is 2. The second-order valence-electron chi connectivity index (χ2n) is 6.29. The standard InChI is InChI=1S/C15H17F3N6O2/c1-24-12-11(22-23-24)5-9(6-19-12)14(26)21-10-3-2-8(4-10)13(25)20-7-15(16,17)18/h5-6,8,10H,2-4,7H2,1H3,(H,20,25)(H,21,26)/t8-,10+/m0/s1. The lowest BCUT2D eigenvalue weighted by Crippen LogP contribution is -2.38. The molecule has 1 fully saturated rings. The number of carbonyl (C=O) groups excluding carboxylic acids is 2. The van der Waals surface area contributed by atoms with Gasteiger partial charge in [-0.2, -0.15) is 13.2 Å². The van der Waals surface area contributed by atoms with Crippen LogP contribution < -0.4 is 10.6 Å². The number of rotatable bonds is 4. The molecule has 0 spiro atoms. The molecule has 2 N–H and O–H groups in total. The fourth-order valence-electron chi connectivity index (χ4n) is 3.00. The molecule has 2 aromatic rings. The molecule has 0 radical (unpaired) electrons. The quantitative estimate of drug-likeness (QED) is 0.834. The zero-order valence-electron chi connectivity index (χ0n) is 13.9. The van der Waals surface area contributed by atoms with Crippen LogP contribution in [0.4, 0.5) is 13.2 Å². The number of aryl methyl sites for hydroxylation is 1. The molecule has 26 heavy (non-hydrogen) atoms. The maximum absolute atomic E-state index is 12.3. The highest BCUT2D eigenvalue weighted by molar-refractivity contribution is 5.96. The predicted octanol–water partition coefficient (Wildman–Crippen LogP) is 0.940. The van der Waals surface area contributed by atoms with Crippen molar-refractivity contribution in [3.05, 3.63) is 17.8 Å². The van der Waals surface area contributed by atoms with Crippen molar-refractivity contribution in [2.45, 2.75) is 31.5 Å². The highest BCUT2D eigenvalue weighted by Crippen LogP contribution is 2.26. The van der Waals surface area contributed by atoms with Gasteiger partial charge >= 0.3 is 6.18 Å². The molecule has 2 amide bonds. The molecule has 140 valence electrons. The van der Waals surface area contributed by atoms with Crippen molar-refractivity contribution >= 4 is 23.0 Å². The SMILES string of the molecule is Cn1nnc2cc(C(=O)N[C@@H]3CC[C@H](C(=O)NCC(F)(F)F)C3)cnc21. The number of aromatic nitrogens is 4. The molecule has 1 aliphatic rings. The summed E-state index contributed by atoms with van der Waals surface area (Å²) in [4.78, 5) is 28.3. The van der Waals surface area contributed by atoms with Crippen LogP contribution in [0, 0.1) is 5.92 Å².